The van der Waals surface area contributed by atoms with Crippen molar-refractivity contribution in [3.05, 3.63) is 29.8 Å². The Balaban J connectivity index is 2.79. The average Bonchev–Trinajstić information content (AvgIpc) is 2.25. The molecule has 0 fully saturated rings. The summed E-state index contributed by atoms with van der Waals surface area (Å²) in [5, 5.41) is 0. The van der Waals surface area contributed by atoms with Gasteiger partial charge < -0.3 is 4.74 Å². The Hall–Kier alpha value is -1.06. The molecule has 1 rings (SSSR count). The van der Waals surface area contributed by atoms with E-state index in [1.165, 1.54) is 0 Å². The summed E-state index contributed by atoms with van der Waals surface area (Å²) in [7, 11) is 0. The fourth-order valence-corrected chi connectivity index (χ4v) is 1.27. The molecule has 3 heteroatoms. The lowest BCUT2D eigenvalue weighted by atomic mass is 10.1. The number of hydrogen-bond acceptors (Lipinski definition) is 3. The smallest absolute Gasteiger partial charge is 0.124 e. The van der Waals surface area contributed by atoms with Crippen molar-refractivity contribution in [3.8, 4) is 5.75 Å². The molecule has 0 saturated heterocycles. The Morgan fingerprint density at radius 2 is 2.14 bits per heavy atom. The van der Waals surface area contributed by atoms with Crippen molar-refractivity contribution in [2.45, 2.75) is 26.3 Å². The van der Waals surface area contributed by atoms with Crippen LogP contribution in [-0.2, 0) is 0 Å². The molecule has 14 heavy (non-hydrogen) atoms. The maximum Gasteiger partial charge on any atom is 0.124 e. The predicted molar refractivity (Wildman–Crippen MR) is 58.0 cm³/mol. The van der Waals surface area contributed by atoms with E-state index in [-0.39, 0.29) is 6.04 Å². The van der Waals surface area contributed by atoms with Gasteiger partial charge in [-0.15, -0.1) is 0 Å². The molecule has 0 bridgehead atoms. The summed E-state index contributed by atoms with van der Waals surface area (Å²) < 4.78 is 5.61. The van der Waals surface area contributed by atoms with Gasteiger partial charge in [0.15, 0.2) is 0 Å². The largest absolute Gasteiger partial charge is 0.493 e. The van der Waals surface area contributed by atoms with Crippen molar-refractivity contribution in [3.63, 3.8) is 0 Å². The Bertz CT molecular complexity index is 276. The fourth-order valence-electron chi connectivity index (χ4n) is 1.27. The summed E-state index contributed by atoms with van der Waals surface area (Å²) in [4.78, 5) is 0. The summed E-state index contributed by atoms with van der Waals surface area (Å²) in [5.74, 6) is 6.31. The summed E-state index contributed by atoms with van der Waals surface area (Å²) in [6, 6.07) is 8.07. The fraction of sp³-hybridized carbons (Fsp3) is 0.455. The molecule has 0 saturated carbocycles. The highest BCUT2D eigenvalue weighted by molar-refractivity contribution is 5.35. The molecule has 1 unspecified atom stereocenters. The Morgan fingerprint density at radius 1 is 1.43 bits per heavy atom. The molecule has 0 aromatic heterocycles. The van der Waals surface area contributed by atoms with Crippen LogP contribution in [0.1, 0.15) is 31.9 Å². The summed E-state index contributed by atoms with van der Waals surface area (Å²) >= 11 is 0. The van der Waals surface area contributed by atoms with Crippen LogP contribution in [0.25, 0.3) is 0 Å². The Labute approximate surface area is 85.2 Å². The average molecular weight is 194 g/mol. The first-order valence-electron chi connectivity index (χ1n) is 4.97. The quantitative estimate of drug-likeness (QED) is 0.556. The maximum atomic E-state index is 5.61. The molecule has 0 heterocycles. The van der Waals surface area contributed by atoms with Crippen LogP contribution >= 0.6 is 0 Å². The van der Waals surface area contributed by atoms with E-state index in [1.54, 1.807) is 0 Å². The standard InChI is InChI=1S/C11H18N2O/c1-3-8-14-11-7-5-4-6-10(11)9(2)13-12/h4-7,9,13H,3,8,12H2,1-2H3. The summed E-state index contributed by atoms with van der Waals surface area (Å²) in [6.45, 7) is 4.84. The van der Waals surface area contributed by atoms with Crippen LogP contribution in [0.2, 0.25) is 0 Å². The molecule has 1 aromatic rings. The van der Waals surface area contributed by atoms with Crippen molar-refractivity contribution < 1.29 is 4.74 Å². The minimum absolute atomic E-state index is 0.114. The molecular weight excluding hydrogens is 176 g/mol. The van der Waals surface area contributed by atoms with Gasteiger partial charge in [0.25, 0.3) is 0 Å². The highest BCUT2D eigenvalue weighted by Gasteiger charge is 2.08. The molecule has 1 atom stereocenters. The topological polar surface area (TPSA) is 47.3 Å². The van der Waals surface area contributed by atoms with Gasteiger partial charge in [-0.25, -0.2) is 0 Å². The van der Waals surface area contributed by atoms with Gasteiger partial charge >= 0.3 is 0 Å². The number of rotatable bonds is 5. The number of benzene rings is 1. The number of para-hydroxylation sites is 1. The van der Waals surface area contributed by atoms with E-state index in [1.807, 2.05) is 31.2 Å². The number of ether oxygens (including phenoxy) is 1. The third-order valence-corrected chi connectivity index (χ3v) is 2.10. The third-order valence-electron chi connectivity index (χ3n) is 2.10. The van der Waals surface area contributed by atoms with E-state index >= 15 is 0 Å². The van der Waals surface area contributed by atoms with Crippen LogP contribution in [-0.4, -0.2) is 6.61 Å². The van der Waals surface area contributed by atoms with Crippen molar-refractivity contribution in [1.29, 1.82) is 0 Å². The molecule has 0 aliphatic heterocycles. The zero-order chi connectivity index (χ0) is 10.4. The van der Waals surface area contributed by atoms with Crippen molar-refractivity contribution in [1.82, 2.24) is 5.43 Å². The highest BCUT2D eigenvalue weighted by atomic mass is 16.5. The second-order valence-electron chi connectivity index (χ2n) is 3.27. The predicted octanol–water partition coefficient (Wildman–Crippen LogP) is 2.00. The third kappa shape index (κ3) is 2.72. The van der Waals surface area contributed by atoms with Gasteiger partial charge in [-0.2, -0.15) is 0 Å². The SMILES string of the molecule is CCCOc1ccccc1C(C)NN. The van der Waals surface area contributed by atoms with Gasteiger partial charge in [-0.05, 0) is 19.4 Å². The second-order valence-corrected chi connectivity index (χ2v) is 3.27. The summed E-state index contributed by atoms with van der Waals surface area (Å²) in [6.07, 6.45) is 1.01. The molecule has 3 N–H and O–H groups in total. The van der Waals surface area contributed by atoms with Crippen LogP contribution in [0.3, 0.4) is 0 Å². The summed E-state index contributed by atoms with van der Waals surface area (Å²) in [5.41, 5.74) is 3.82. The van der Waals surface area contributed by atoms with Gasteiger partial charge in [-0.1, -0.05) is 25.1 Å². The van der Waals surface area contributed by atoms with Crippen LogP contribution < -0.4 is 16.0 Å². The monoisotopic (exact) mass is 194 g/mol. The van der Waals surface area contributed by atoms with E-state index in [0.29, 0.717) is 0 Å². The van der Waals surface area contributed by atoms with E-state index < -0.39 is 0 Å². The minimum Gasteiger partial charge on any atom is -0.493 e. The molecule has 78 valence electrons. The lowest BCUT2D eigenvalue weighted by molar-refractivity contribution is 0.311. The van der Waals surface area contributed by atoms with Crippen LogP contribution in [0.5, 0.6) is 5.75 Å². The molecule has 0 aliphatic carbocycles. The Morgan fingerprint density at radius 3 is 2.79 bits per heavy atom. The van der Waals surface area contributed by atoms with Gasteiger partial charge in [0.1, 0.15) is 5.75 Å². The van der Waals surface area contributed by atoms with Crippen molar-refractivity contribution in [2.24, 2.45) is 5.84 Å². The lowest BCUT2D eigenvalue weighted by Crippen LogP contribution is -2.26. The van der Waals surface area contributed by atoms with E-state index in [2.05, 4.69) is 12.3 Å². The lowest BCUT2D eigenvalue weighted by Gasteiger charge is -2.15. The molecule has 0 amide bonds. The molecule has 1 aromatic carbocycles. The molecule has 0 aliphatic rings. The number of hydrazine groups is 1. The normalized spacial score (nSPS) is 12.5. The molecule has 3 nitrogen and oxygen atoms in total. The number of hydrogen-bond donors (Lipinski definition) is 2. The first-order chi connectivity index (χ1) is 6.79. The number of nitrogens with two attached hydrogens (primary N) is 1. The molecular formula is C11H18N2O. The van der Waals surface area contributed by atoms with Gasteiger partial charge in [0.2, 0.25) is 0 Å². The maximum absolute atomic E-state index is 5.61. The zero-order valence-electron chi connectivity index (χ0n) is 8.79. The van der Waals surface area contributed by atoms with Crippen molar-refractivity contribution in [2.75, 3.05) is 6.61 Å². The van der Waals surface area contributed by atoms with Gasteiger partial charge in [0.05, 0.1) is 6.61 Å². The van der Waals surface area contributed by atoms with E-state index in [9.17, 15) is 0 Å². The molecule has 0 spiro atoms. The molecule has 0 radical (unpaired) electrons. The van der Waals surface area contributed by atoms with E-state index in [4.69, 9.17) is 10.6 Å². The second kappa shape index (κ2) is 5.62. The van der Waals surface area contributed by atoms with Crippen LogP contribution in [0, 0.1) is 0 Å². The first-order valence-corrected chi connectivity index (χ1v) is 4.97. The van der Waals surface area contributed by atoms with Gasteiger partial charge in [-0.3, -0.25) is 11.3 Å². The van der Waals surface area contributed by atoms with Crippen LogP contribution in [0.15, 0.2) is 24.3 Å². The van der Waals surface area contributed by atoms with Crippen molar-refractivity contribution >= 4 is 0 Å². The van der Waals surface area contributed by atoms with E-state index in [0.717, 1.165) is 24.3 Å². The Kier molecular flexibility index (Phi) is 4.43. The first kappa shape index (κ1) is 11.0. The zero-order valence-corrected chi connectivity index (χ0v) is 8.79. The van der Waals surface area contributed by atoms with Gasteiger partial charge in [0, 0.05) is 11.6 Å². The minimum atomic E-state index is 0.114. The number of nitrogens with one attached hydrogen (secondary N) is 1. The highest BCUT2D eigenvalue weighted by Crippen LogP contribution is 2.24. The van der Waals surface area contributed by atoms with Crippen LogP contribution in [0.4, 0.5) is 0 Å².